The number of hydrogen-bond acceptors (Lipinski definition) is 5. The van der Waals surface area contributed by atoms with Crippen LogP contribution in [0.4, 0.5) is 0 Å². The number of aromatic carboxylic acids is 1. The van der Waals surface area contributed by atoms with Crippen LogP contribution in [0.1, 0.15) is 10.4 Å². The number of carbonyl (C=O) groups is 1. The molecule has 2 rings (SSSR count). The highest BCUT2D eigenvalue weighted by Crippen LogP contribution is 2.26. The van der Waals surface area contributed by atoms with E-state index in [1.807, 2.05) is 22.6 Å². The van der Waals surface area contributed by atoms with Crippen molar-refractivity contribution in [2.24, 2.45) is 0 Å². The van der Waals surface area contributed by atoms with Crippen LogP contribution in [0.3, 0.4) is 0 Å². The van der Waals surface area contributed by atoms with Gasteiger partial charge in [-0.15, -0.1) is 0 Å². The molecule has 0 aliphatic carbocycles. The van der Waals surface area contributed by atoms with E-state index in [9.17, 15) is 18.3 Å². The topological polar surface area (TPSA) is 101 Å². The van der Waals surface area contributed by atoms with Crippen LogP contribution in [0.15, 0.2) is 18.2 Å². The van der Waals surface area contributed by atoms with Gasteiger partial charge < -0.3 is 14.9 Å². The van der Waals surface area contributed by atoms with Crippen molar-refractivity contribution in [1.29, 1.82) is 0 Å². The van der Waals surface area contributed by atoms with Gasteiger partial charge in [-0.1, -0.05) is 0 Å². The van der Waals surface area contributed by atoms with Crippen LogP contribution in [0, 0.1) is 3.57 Å². The summed E-state index contributed by atoms with van der Waals surface area (Å²) in [6.07, 6.45) is -1.95. The third kappa shape index (κ3) is 3.37. The van der Waals surface area contributed by atoms with Crippen molar-refractivity contribution < 1.29 is 28.2 Å². The summed E-state index contributed by atoms with van der Waals surface area (Å²) < 4.78 is 28.8. The number of carboxylic acids is 1. The third-order valence-corrected chi connectivity index (χ3v) is 5.31. The first kappa shape index (κ1) is 14.5. The van der Waals surface area contributed by atoms with Crippen molar-refractivity contribution >= 4 is 38.4 Å². The number of sulfone groups is 1. The molecular weight excluding hydrogens is 387 g/mol. The van der Waals surface area contributed by atoms with Crippen molar-refractivity contribution in [1.82, 2.24) is 0 Å². The lowest BCUT2D eigenvalue weighted by atomic mass is 10.2. The number of ether oxygens (including phenoxy) is 1. The molecule has 0 spiro atoms. The molecule has 0 bridgehead atoms. The lowest BCUT2D eigenvalue weighted by Crippen LogP contribution is -2.30. The van der Waals surface area contributed by atoms with Gasteiger partial charge in [0.05, 0.1) is 20.6 Å². The Kier molecular flexibility index (Phi) is 4.02. The summed E-state index contributed by atoms with van der Waals surface area (Å²) in [5.41, 5.74) is 0.0470. The lowest BCUT2D eigenvalue weighted by Gasteiger charge is -2.17. The molecule has 104 valence electrons. The number of benzene rings is 1. The zero-order valence-electron chi connectivity index (χ0n) is 9.61. The maximum atomic E-state index is 11.4. The monoisotopic (exact) mass is 398 g/mol. The molecule has 1 aromatic carbocycles. The van der Waals surface area contributed by atoms with Crippen molar-refractivity contribution in [3.63, 3.8) is 0 Å². The Morgan fingerprint density at radius 2 is 2.05 bits per heavy atom. The molecule has 6 nitrogen and oxygen atoms in total. The maximum absolute atomic E-state index is 11.4. The van der Waals surface area contributed by atoms with E-state index in [1.165, 1.54) is 12.1 Å². The molecule has 2 N–H and O–H groups in total. The molecule has 0 saturated carbocycles. The highest BCUT2D eigenvalue weighted by atomic mass is 127. The molecule has 0 amide bonds. The maximum Gasteiger partial charge on any atom is 0.335 e. The molecule has 1 aromatic rings. The minimum absolute atomic E-state index is 0.0470. The highest BCUT2D eigenvalue weighted by Gasteiger charge is 2.38. The molecule has 1 heterocycles. The smallest absolute Gasteiger partial charge is 0.335 e. The molecule has 1 fully saturated rings. The Labute approximate surface area is 123 Å². The largest absolute Gasteiger partial charge is 0.485 e. The van der Waals surface area contributed by atoms with Crippen LogP contribution in [0.5, 0.6) is 5.75 Å². The molecule has 2 atom stereocenters. The van der Waals surface area contributed by atoms with Crippen molar-refractivity contribution in [2.45, 2.75) is 12.2 Å². The van der Waals surface area contributed by atoms with Gasteiger partial charge in [0.15, 0.2) is 9.84 Å². The van der Waals surface area contributed by atoms with Crippen LogP contribution < -0.4 is 4.74 Å². The summed E-state index contributed by atoms with van der Waals surface area (Å²) >= 11 is 1.95. The second kappa shape index (κ2) is 5.25. The number of rotatable bonds is 3. The normalized spacial score (nSPS) is 25.2. The summed E-state index contributed by atoms with van der Waals surface area (Å²) in [6, 6.07) is 4.32. The van der Waals surface area contributed by atoms with E-state index in [0.717, 1.165) is 0 Å². The number of aliphatic hydroxyl groups excluding tert-OH is 1. The lowest BCUT2D eigenvalue weighted by molar-refractivity contribution is 0.0687. The zero-order valence-corrected chi connectivity index (χ0v) is 12.6. The minimum Gasteiger partial charge on any atom is -0.485 e. The van der Waals surface area contributed by atoms with E-state index in [1.54, 1.807) is 6.07 Å². The number of aliphatic hydroxyl groups is 1. The Morgan fingerprint density at radius 3 is 2.58 bits per heavy atom. The van der Waals surface area contributed by atoms with Gasteiger partial charge in [0.2, 0.25) is 0 Å². The van der Waals surface area contributed by atoms with E-state index < -0.39 is 28.0 Å². The molecular formula is C11H11IO6S. The van der Waals surface area contributed by atoms with Crippen LogP contribution in [-0.2, 0) is 9.84 Å². The fourth-order valence-electron chi connectivity index (χ4n) is 1.80. The quantitative estimate of drug-likeness (QED) is 0.721. The summed E-state index contributed by atoms with van der Waals surface area (Å²) in [5.74, 6) is -1.42. The van der Waals surface area contributed by atoms with E-state index in [0.29, 0.717) is 3.57 Å². The zero-order chi connectivity index (χ0) is 14.2. The average Bonchev–Trinajstić information content (AvgIpc) is 2.54. The predicted molar refractivity (Wildman–Crippen MR) is 75.2 cm³/mol. The van der Waals surface area contributed by atoms with Gasteiger partial charge in [-0.25, -0.2) is 13.2 Å². The van der Waals surface area contributed by atoms with E-state index >= 15 is 0 Å². The molecule has 1 aliphatic heterocycles. The molecule has 0 radical (unpaired) electrons. The van der Waals surface area contributed by atoms with Gasteiger partial charge in [0.1, 0.15) is 18.0 Å². The fraction of sp³-hybridized carbons (Fsp3) is 0.364. The van der Waals surface area contributed by atoms with Gasteiger partial charge in [0, 0.05) is 0 Å². The van der Waals surface area contributed by atoms with Crippen LogP contribution >= 0.6 is 22.6 Å². The molecule has 2 unspecified atom stereocenters. The van der Waals surface area contributed by atoms with Gasteiger partial charge in [-0.3, -0.25) is 0 Å². The first-order valence-corrected chi connectivity index (χ1v) is 8.26. The van der Waals surface area contributed by atoms with Gasteiger partial charge >= 0.3 is 5.97 Å². The second-order valence-corrected chi connectivity index (χ2v) is 7.57. The molecule has 1 saturated heterocycles. The number of carboxylic acid groups (broad SMARTS) is 1. The van der Waals surface area contributed by atoms with Gasteiger partial charge in [-0.2, -0.15) is 0 Å². The SMILES string of the molecule is O=C(O)c1ccc(I)c(OC2CS(=O)(=O)CC2O)c1. The van der Waals surface area contributed by atoms with Crippen LogP contribution in [0.2, 0.25) is 0 Å². The Morgan fingerprint density at radius 1 is 1.37 bits per heavy atom. The van der Waals surface area contributed by atoms with Gasteiger partial charge in [-0.05, 0) is 40.8 Å². The molecule has 19 heavy (non-hydrogen) atoms. The van der Waals surface area contributed by atoms with Gasteiger partial charge in [0.25, 0.3) is 0 Å². The van der Waals surface area contributed by atoms with Crippen molar-refractivity contribution in [3.05, 3.63) is 27.3 Å². The Hall–Kier alpha value is -0.870. The molecule has 1 aliphatic rings. The molecule has 8 heteroatoms. The van der Waals surface area contributed by atoms with E-state index in [4.69, 9.17) is 9.84 Å². The van der Waals surface area contributed by atoms with Crippen LogP contribution in [-0.4, -0.2) is 48.3 Å². The minimum atomic E-state index is -3.30. The fourth-order valence-corrected chi connectivity index (χ4v) is 3.92. The predicted octanol–water partition coefficient (Wildman–Crippen LogP) is 0.526. The first-order chi connectivity index (χ1) is 8.78. The standard InChI is InChI=1S/C11H11IO6S/c12-7-2-1-6(11(14)15)3-9(7)18-10-5-19(16,17)4-8(10)13/h1-3,8,10,13H,4-5H2,(H,14,15). The van der Waals surface area contributed by atoms with E-state index in [2.05, 4.69) is 0 Å². The summed E-state index contributed by atoms with van der Waals surface area (Å²) in [7, 11) is -3.30. The summed E-state index contributed by atoms with van der Waals surface area (Å²) in [4.78, 5) is 10.9. The highest BCUT2D eigenvalue weighted by molar-refractivity contribution is 14.1. The van der Waals surface area contributed by atoms with E-state index in [-0.39, 0.29) is 22.8 Å². The summed E-state index contributed by atoms with van der Waals surface area (Å²) in [5, 5.41) is 18.5. The van der Waals surface area contributed by atoms with Crippen molar-refractivity contribution in [2.75, 3.05) is 11.5 Å². The Bertz CT molecular complexity index is 612. The summed E-state index contributed by atoms with van der Waals surface area (Å²) in [6.45, 7) is 0. The third-order valence-electron chi connectivity index (χ3n) is 2.73. The van der Waals surface area contributed by atoms with Crippen molar-refractivity contribution in [3.8, 4) is 5.75 Å². The number of halogens is 1. The van der Waals surface area contributed by atoms with Crippen LogP contribution in [0.25, 0.3) is 0 Å². The number of hydrogen-bond donors (Lipinski definition) is 2. The second-order valence-electron chi connectivity index (χ2n) is 4.25. The average molecular weight is 398 g/mol. The molecule has 0 aromatic heterocycles. The first-order valence-electron chi connectivity index (χ1n) is 5.36. The Balaban J connectivity index is 2.24.